The van der Waals surface area contributed by atoms with Crippen LogP contribution in [0.4, 0.5) is 0 Å². The van der Waals surface area contributed by atoms with Crippen molar-refractivity contribution in [2.24, 2.45) is 0 Å². The maximum Gasteiger partial charge on any atom is 0.214 e. The summed E-state index contributed by atoms with van der Waals surface area (Å²) in [4.78, 5) is 0. The van der Waals surface area contributed by atoms with E-state index in [1.165, 1.54) is 0 Å². The van der Waals surface area contributed by atoms with Gasteiger partial charge in [-0.1, -0.05) is 30.3 Å². The molecule has 5 nitrogen and oxygen atoms in total. The molecule has 0 atom stereocenters. The minimum atomic E-state index is 0.520. The first-order valence-electron chi connectivity index (χ1n) is 6.26. The molecule has 2 N–H and O–H groups in total. The summed E-state index contributed by atoms with van der Waals surface area (Å²) in [5.41, 5.74) is 4.20. The minimum absolute atomic E-state index is 0.520. The van der Waals surface area contributed by atoms with E-state index in [0.29, 0.717) is 11.3 Å². The topological polar surface area (TPSA) is 58.8 Å². The Kier molecular flexibility index (Phi) is 3.39. The maximum absolute atomic E-state index is 5.53. The van der Waals surface area contributed by atoms with Gasteiger partial charge in [0.1, 0.15) is 11.5 Å². The smallest absolute Gasteiger partial charge is 0.214 e. The molecule has 0 spiro atoms. The van der Waals surface area contributed by atoms with Crippen LogP contribution in [-0.4, -0.2) is 14.9 Å². The molecule has 102 valence electrons. The molecule has 2 heterocycles. The summed E-state index contributed by atoms with van der Waals surface area (Å²) in [6, 6.07) is 13.7. The van der Waals surface area contributed by atoms with E-state index in [4.69, 9.17) is 16.6 Å². The first-order valence-corrected chi connectivity index (χ1v) is 6.67. The fourth-order valence-electron chi connectivity index (χ4n) is 1.96. The molecule has 0 bridgehead atoms. The van der Waals surface area contributed by atoms with Crippen molar-refractivity contribution in [2.45, 2.75) is 13.5 Å². The van der Waals surface area contributed by atoms with Crippen molar-refractivity contribution in [3.05, 3.63) is 58.8 Å². The van der Waals surface area contributed by atoms with Crippen LogP contribution in [0, 0.1) is 11.7 Å². The van der Waals surface area contributed by atoms with Gasteiger partial charge in [-0.15, -0.1) is 0 Å². The lowest BCUT2D eigenvalue weighted by Crippen LogP contribution is -2.15. The first kappa shape index (κ1) is 12.7. The molecule has 0 aliphatic rings. The number of hydrogen-bond donors (Lipinski definition) is 2. The number of benzene rings is 1. The van der Waals surface area contributed by atoms with Crippen LogP contribution >= 0.6 is 12.2 Å². The highest BCUT2D eigenvalue weighted by Gasteiger charge is 2.08. The van der Waals surface area contributed by atoms with Gasteiger partial charge in [0.15, 0.2) is 5.82 Å². The second kappa shape index (κ2) is 5.34. The average Bonchev–Trinajstić information content (AvgIpc) is 3.04. The molecular formula is C14H14N4OS. The van der Waals surface area contributed by atoms with Crippen molar-refractivity contribution >= 4 is 12.2 Å². The predicted octanol–water partition coefficient (Wildman–Crippen LogP) is 3.25. The fraction of sp³-hybridized carbons (Fsp3) is 0.143. The Labute approximate surface area is 121 Å². The third-order valence-corrected chi connectivity index (χ3v) is 3.19. The van der Waals surface area contributed by atoms with Crippen LogP contribution in [0.15, 0.2) is 46.9 Å². The van der Waals surface area contributed by atoms with Crippen LogP contribution in [-0.2, 0) is 6.54 Å². The van der Waals surface area contributed by atoms with Crippen LogP contribution < -0.4 is 5.43 Å². The summed E-state index contributed by atoms with van der Waals surface area (Å²) in [5, 5.41) is 7.06. The lowest BCUT2D eigenvalue weighted by molar-refractivity contribution is 0.484. The summed E-state index contributed by atoms with van der Waals surface area (Å²) >= 11 is 5.25. The fourth-order valence-corrected chi connectivity index (χ4v) is 2.16. The molecule has 3 aromatic rings. The quantitative estimate of drug-likeness (QED) is 0.723. The molecule has 1 aromatic carbocycles. The van der Waals surface area contributed by atoms with Gasteiger partial charge in [0.2, 0.25) is 4.77 Å². The molecule has 0 radical (unpaired) electrons. The van der Waals surface area contributed by atoms with Crippen LogP contribution in [0.25, 0.3) is 11.4 Å². The Balaban J connectivity index is 1.86. The van der Waals surface area contributed by atoms with Gasteiger partial charge in [-0.05, 0) is 31.3 Å². The Hall–Kier alpha value is -2.34. The molecule has 0 unspecified atom stereocenters. The van der Waals surface area contributed by atoms with E-state index < -0.39 is 0 Å². The normalized spacial score (nSPS) is 10.7. The standard InChI is InChI=1S/C14H14N4OS/c1-10-7-8-12(19-10)9-15-18-13(16-17-14(18)20)11-5-3-2-4-6-11/h2-8,15H,9H2,1H3,(H,17,20). The Morgan fingerprint density at radius 2 is 2.05 bits per heavy atom. The lowest BCUT2D eigenvalue weighted by atomic mass is 10.2. The van der Waals surface area contributed by atoms with E-state index in [9.17, 15) is 0 Å². The third-order valence-electron chi connectivity index (χ3n) is 2.91. The van der Waals surface area contributed by atoms with Crippen molar-refractivity contribution in [3.63, 3.8) is 0 Å². The molecule has 20 heavy (non-hydrogen) atoms. The number of H-pyrrole nitrogens is 1. The monoisotopic (exact) mass is 286 g/mol. The minimum Gasteiger partial charge on any atom is -0.464 e. The van der Waals surface area contributed by atoms with Gasteiger partial charge >= 0.3 is 0 Å². The number of rotatable bonds is 4. The second-order valence-electron chi connectivity index (χ2n) is 4.40. The highest BCUT2D eigenvalue weighted by molar-refractivity contribution is 7.71. The van der Waals surface area contributed by atoms with E-state index in [1.54, 1.807) is 4.68 Å². The third kappa shape index (κ3) is 2.50. The van der Waals surface area contributed by atoms with Gasteiger partial charge in [0.25, 0.3) is 0 Å². The number of aromatic nitrogens is 3. The molecule has 3 rings (SSSR count). The van der Waals surface area contributed by atoms with E-state index in [1.807, 2.05) is 49.4 Å². The summed E-state index contributed by atoms with van der Waals surface area (Å²) < 4.78 is 7.80. The lowest BCUT2D eigenvalue weighted by Gasteiger charge is -2.08. The van der Waals surface area contributed by atoms with E-state index in [2.05, 4.69) is 15.6 Å². The zero-order valence-electron chi connectivity index (χ0n) is 11.0. The van der Waals surface area contributed by atoms with Crippen LogP contribution in [0.2, 0.25) is 0 Å². The van der Waals surface area contributed by atoms with E-state index >= 15 is 0 Å². The van der Waals surface area contributed by atoms with Crippen molar-refractivity contribution in [3.8, 4) is 11.4 Å². The van der Waals surface area contributed by atoms with E-state index in [0.717, 1.165) is 22.9 Å². The summed E-state index contributed by atoms with van der Waals surface area (Å²) in [6.45, 7) is 2.46. The SMILES string of the molecule is Cc1ccc(CNn2c(-c3ccccc3)n[nH]c2=S)o1. The van der Waals surface area contributed by atoms with Crippen molar-refractivity contribution in [1.82, 2.24) is 14.9 Å². The second-order valence-corrected chi connectivity index (χ2v) is 4.79. The molecular weight excluding hydrogens is 272 g/mol. The molecule has 0 amide bonds. The molecule has 0 fully saturated rings. The molecule has 0 aliphatic carbocycles. The van der Waals surface area contributed by atoms with Gasteiger partial charge in [-0.3, -0.25) is 0 Å². The van der Waals surface area contributed by atoms with Gasteiger partial charge in [0.05, 0.1) is 6.54 Å². The zero-order valence-corrected chi connectivity index (χ0v) is 11.8. The van der Waals surface area contributed by atoms with Crippen LogP contribution in [0.3, 0.4) is 0 Å². The molecule has 2 aromatic heterocycles. The number of aromatic amines is 1. The van der Waals surface area contributed by atoms with Crippen LogP contribution in [0.5, 0.6) is 0 Å². The zero-order chi connectivity index (χ0) is 13.9. The number of hydrogen-bond acceptors (Lipinski definition) is 4. The van der Waals surface area contributed by atoms with Crippen molar-refractivity contribution in [1.29, 1.82) is 0 Å². The molecule has 0 saturated carbocycles. The number of nitrogens with zero attached hydrogens (tertiary/aromatic N) is 2. The largest absolute Gasteiger partial charge is 0.464 e. The summed E-state index contributed by atoms with van der Waals surface area (Å²) in [7, 11) is 0. The van der Waals surface area contributed by atoms with Gasteiger partial charge in [-0.25, -0.2) is 9.77 Å². The number of furan rings is 1. The van der Waals surface area contributed by atoms with Gasteiger partial charge < -0.3 is 9.84 Å². The summed E-state index contributed by atoms with van der Waals surface area (Å²) in [6.07, 6.45) is 0. The number of aryl methyl sites for hydroxylation is 1. The number of nitrogens with one attached hydrogen (secondary N) is 2. The Morgan fingerprint density at radius 1 is 1.25 bits per heavy atom. The highest BCUT2D eigenvalue weighted by atomic mass is 32.1. The molecule has 6 heteroatoms. The van der Waals surface area contributed by atoms with Gasteiger partial charge in [0, 0.05) is 5.56 Å². The Morgan fingerprint density at radius 3 is 2.75 bits per heavy atom. The first-order chi connectivity index (χ1) is 9.74. The average molecular weight is 286 g/mol. The molecule has 0 saturated heterocycles. The molecule has 0 aliphatic heterocycles. The van der Waals surface area contributed by atoms with Crippen molar-refractivity contribution in [2.75, 3.05) is 5.43 Å². The summed E-state index contributed by atoms with van der Waals surface area (Å²) in [5.74, 6) is 2.49. The Bertz CT molecular complexity index is 757. The maximum atomic E-state index is 5.53. The van der Waals surface area contributed by atoms with Gasteiger partial charge in [-0.2, -0.15) is 5.10 Å². The highest BCUT2D eigenvalue weighted by Crippen LogP contribution is 2.15. The van der Waals surface area contributed by atoms with Crippen molar-refractivity contribution < 1.29 is 4.42 Å². The predicted molar refractivity (Wildman–Crippen MR) is 79.4 cm³/mol. The van der Waals surface area contributed by atoms with Crippen LogP contribution in [0.1, 0.15) is 11.5 Å². The van der Waals surface area contributed by atoms with E-state index in [-0.39, 0.29) is 0 Å².